The van der Waals surface area contributed by atoms with Gasteiger partial charge in [0.2, 0.25) is 0 Å². The van der Waals surface area contributed by atoms with E-state index in [0.29, 0.717) is 0 Å². The zero-order valence-corrected chi connectivity index (χ0v) is 11.9. The van der Waals surface area contributed by atoms with E-state index in [4.69, 9.17) is 7.85 Å². The number of nitrogens with zero attached hydrogens (tertiary/aromatic N) is 3. The van der Waals surface area contributed by atoms with Crippen molar-refractivity contribution in [1.82, 2.24) is 4.90 Å². The summed E-state index contributed by atoms with van der Waals surface area (Å²) in [5.41, 5.74) is 1.18. The molecule has 19 heavy (non-hydrogen) atoms. The Kier molecular flexibility index (Phi) is 4.36. The number of benzene rings is 1. The molecule has 1 heterocycles. The van der Waals surface area contributed by atoms with Crippen molar-refractivity contribution in [1.29, 1.82) is 0 Å². The Bertz CT molecular complexity index is 484. The van der Waals surface area contributed by atoms with Crippen LogP contribution in [0.5, 0.6) is 0 Å². The predicted octanol–water partition coefficient (Wildman–Crippen LogP) is 1.56. The van der Waals surface area contributed by atoms with Gasteiger partial charge in [0.05, 0.1) is 18.5 Å². The first kappa shape index (κ1) is 14.2. The molecule has 0 aromatic heterocycles. The molecule has 100 valence electrons. The Labute approximate surface area is 118 Å². The molecule has 1 aromatic rings. The highest BCUT2D eigenvalue weighted by Gasteiger charge is 2.21. The van der Waals surface area contributed by atoms with Crippen molar-refractivity contribution >= 4 is 31.0 Å². The first-order chi connectivity index (χ1) is 8.99. The number of nitro groups is 1. The monoisotopic (exact) mass is 277 g/mol. The van der Waals surface area contributed by atoms with Crippen LogP contribution in [-0.2, 0) is 0 Å². The SMILES string of the molecule is [B]C(CN1CCSc2cc([N+](=O)[O-])ccc21)N(C)C. The van der Waals surface area contributed by atoms with Gasteiger partial charge in [0, 0.05) is 35.9 Å². The van der Waals surface area contributed by atoms with Gasteiger partial charge in [-0.05, 0) is 26.1 Å². The van der Waals surface area contributed by atoms with Gasteiger partial charge in [-0.2, -0.15) is 0 Å². The van der Waals surface area contributed by atoms with Gasteiger partial charge in [0.1, 0.15) is 0 Å². The van der Waals surface area contributed by atoms with Crippen molar-refractivity contribution in [2.75, 3.05) is 37.8 Å². The molecule has 0 saturated heterocycles. The van der Waals surface area contributed by atoms with Gasteiger partial charge in [-0.1, -0.05) is 0 Å². The lowest BCUT2D eigenvalue weighted by Gasteiger charge is -2.34. The van der Waals surface area contributed by atoms with E-state index in [1.165, 1.54) is 0 Å². The maximum atomic E-state index is 10.8. The van der Waals surface area contributed by atoms with E-state index in [-0.39, 0.29) is 16.6 Å². The average molecular weight is 277 g/mol. The smallest absolute Gasteiger partial charge is 0.270 e. The maximum Gasteiger partial charge on any atom is 0.270 e. The molecule has 0 bridgehead atoms. The number of nitro benzene ring substituents is 1. The summed E-state index contributed by atoms with van der Waals surface area (Å²) in [7, 11) is 9.94. The maximum absolute atomic E-state index is 10.8. The van der Waals surface area contributed by atoms with Gasteiger partial charge in [-0.15, -0.1) is 11.8 Å². The molecular formula is C12H16BN3O2S. The van der Waals surface area contributed by atoms with Crippen LogP contribution < -0.4 is 4.90 Å². The Morgan fingerprint density at radius 3 is 2.95 bits per heavy atom. The third-order valence-corrected chi connectivity index (χ3v) is 4.21. The molecule has 0 spiro atoms. The molecule has 1 aliphatic heterocycles. The highest BCUT2D eigenvalue weighted by atomic mass is 32.2. The molecule has 0 amide bonds. The van der Waals surface area contributed by atoms with E-state index in [0.717, 1.165) is 29.4 Å². The molecule has 5 nitrogen and oxygen atoms in total. The third kappa shape index (κ3) is 3.22. The minimum Gasteiger partial charge on any atom is -0.369 e. The lowest BCUT2D eigenvalue weighted by Crippen LogP contribution is -2.42. The Morgan fingerprint density at radius 2 is 2.32 bits per heavy atom. The summed E-state index contributed by atoms with van der Waals surface area (Å²) in [5, 5.41) is 10.8. The Hall–Kier alpha value is -1.21. The zero-order valence-electron chi connectivity index (χ0n) is 11.1. The molecule has 0 saturated carbocycles. The van der Waals surface area contributed by atoms with Crippen LogP contribution in [0.4, 0.5) is 11.4 Å². The third-order valence-electron chi connectivity index (χ3n) is 3.18. The first-order valence-electron chi connectivity index (χ1n) is 6.07. The van der Waals surface area contributed by atoms with Crippen LogP contribution in [-0.4, -0.2) is 56.5 Å². The summed E-state index contributed by atoms with van der Waals surface area (Å²) in [6, 6.07) is 5.02. The average Bonchev–Trinajstić information content (AvgIpc) is 2.38. The van der Waals surface area contributed by atoms with Crippen molar-refractivity contribution in [2.24, 2.45) is 0 Å². The number of likely N-dealkylation sites (N-methyl/N-ethyl adjacent to an activating group) is 1. The van der Waals surface area contributed by atoms with E-state index in [1.54, 1.807) is 23.9 Å². The van der Waals surface area contributed by atoms with Crippen LogP contribution in [0, 0.1) is 10.1 Å². The standard InChI is InChI=1S/C12H16BN3O2S/c1-14(2)12(13)8-15-5-6-19-11-7-9(16(17)18)3-4-10(11)15/h3-4,7,12H,5-6,8H2,1-2H3. The molecule has 7 heteroatoms. The second kappa shape index (κ2) is 5.84. The lowest BCUT2D eigenvalue weighted by molar-refractivity contribution is -0.385. The summed E-state index contributed by atoms with van der Waals surface area (Å²) < 4.78 is 0. The minimum absolute atomic E-state index is 0.0499. The normalized spacial score (nSPS) is 16.3. The number of thioether (sulfide) groups is 1. The predicted molar refractivity (Wildman–Crippen MR) is 79.3 cm³/mol. The minimum atomic E-state index is -0.356. The zero-order chi connectivity index (χ0) is 14.0. The van der Waals surface area contributed by atoms with Crippen molar-refractivity contribution in [3.8, 4) is 0 Å². The highest BCUT2D eigenvalue weighted by Crippen LogP contribution is 2.37. The largest absolute Gasteiger partial charge is 0.369 e. The van der Waals surface area contributed by atoms with Crippen LogP contribution in [0.2, 0.25) is 0 Å². The van der Waals surface area contributed by atoms with Crippen molar-refractivity contribution < 1.29 is 4.92 Å². The van der Waals surface area contributed by atoms with Crippen LogP contribution >= 0.6 is 11.8 Å². The quantitative estimate of drug-likeness (QED) is 0.475. The van der Waals surface area contributed by atoms with Crippen LogP contribution in [0.25, 0.3) is 0 Å². The summed E-state index contributed by atoms with van der Waals surface area (Å²) in [6.07, 6.45) is 0. The summed E-state index contributed by atoms with van der Waals surface area (Å²) in [5.74, 6) is 0.875. The number of non-ortho nitro benzene ring substituents is 1. The van der Waals surface area contributed by atoms with Crippen molar-refractivity contribution in [3.05, 3.63) is 28.3 Å². The molecule has 1 aliphatic rings. The van der Waals surface area contributed by atoms with Gasteiger partial charge in [0.25, 0.3) is 5.69 Å². The molecular weight excluding hydrogens is 261 g/mol. The molecule has 1 atom stereocenters. The van der Waals surface area contributed by atoms with Crippen LogP contribution in [0.1, 0.15) is 0 Å². The van der Waals surface area contributed by atoms with Gasteiger partial charge >= 0.3 is 0 Å². The number of rotatable bonds is 4. The molecule has 0 fully saturated rings. The molecule has 2 rings (SSSR count). The fraction of sp³-hybridized carbons (Fsp3) is 0.500. The lowest BCUT2D eigenvalue weighted by atomic mass is 9.94. The highest BCUT2D eigenvalue weighted by molar-refractivity contribution is 7.99. The van der Waals surface area contributed by atoms with E-state index in [9.17, 15) is 10.1 Å². The summed E-state index contributed by atoms with van der Waals surface area (Å²) >= 11 is 1.66. The molecule has 2 radical (unpaired) electrons. The number of hydrogen-bond acceptors (Lipinski definition) is 5. The van der Waals surface area contributed by atoms with Crippen molar-refractivity contribution in [3.63, 3.8) is 0 Å². The topological polar surface area (TPSA) is 49.6 Å². The second-order valence-corrected chi connectivity index (χ2v) is 5.87. The van der Waals surface area contributed by atoms with Crippen LogP contribution in [0.3, 0.4) is 0 Å². The van der Waals surface area contributed by atoms with Gasteiger partial charge in [-0.25, -0.2) is 0 Å². The fourth-order valence-corrected chi connectivity index (χ4v) is 3.04. The van der Waals surface area contributed by atoms with E-state index < -0.39 is 0 Å². The molecule has 1 aromatic carbocycles. The van der Waals surface area contributed by atoms with Gasteiger partial charge < -0.3 is 9.80 Å². The Morgan fingerprint density at radius 1 is 1.58 bits per heavy atom. The molecule has 0 aliphatic carbocycles. The van der Waals surface area contributed by atoms with E-state index >= 15 is 0 Å². The van der Waals surface area contributed by atoms with E-state index in [2.05, 4.69) is 4.90 Å². The summed E-state index contributed by atoms with van der Waals surface area (Å²) in [4.78, 5) is 15.6. The fourth-order valence-electron chi connectivity index (χ4n) is 1.96. The number of fused-ring (bicyclic) bond motifs is 1. The molecule has 0 N–H and O–H groups in total. The van der Waals surface area contributed by atoms with Gasteiger partial charge in [0.15, 0.2) is 0 Å². The summed E-state index contributed by atoms with van der Waals surface area (Å²) in [6.45, 7) is 1.63. The number of anilines is 1. The second-order valence-electron chi connectivity index (χ2n) is 4.73. The van der Waals surface area contributed by atoms with Crippen molar-refractivity contribution in [2.45, 2.75) is 10.8 Å². The van der Waals surface area contributed by atoms with E-state index in [1.807, 2.05) is 25.1 Å². The van der Waals surface area contributed by atoms with Gasteiger partial charge in [-0.3, -0.25) is 10.1 Å². The number of hydrogen-bond donors (Lipinski definition) is 0. The van der Waals surface area contributed by atoms with Crippen LogP contribution in [0.15, 0.2) is 23.1 Å². The first-order valence-corrected chi connectivity index (χ1v) is 7.06. The molecule has 1 unspecified atom stereocenters. The Balaban J connectivity index is 2.22.